The molecule has 2 N–H and O–H groups in total. The molecule has 0 saturated carbocycles. The quantitative estimate of drug-likeness (QED) is 0.364. The first-order valence-electron chi connectivity index (χ1n) is 16.1. The second-order valence-corrected chi connectivity index (χ2v) is 13.7. The number of amides is 3. The molecule has 0 radical (unpaired) electrons. The Balaban J connectivity index is 1.00. The first-order chi connectivity index (χ1) is 21.9. The predicted octanol–water partition coefficient (Wildman–Crippen LogP) is 3.07. The third-order valence-corrected chi connectivity index (χ3v) is 9.38. The Labute approximate surface area is 268 Å². The van der Waals surface area contributed by atoms with Crippen molar-refractivity contribution in [1.29, 1.82) is 0 Å². The Morgan fingerprint density at radius 2 is 1.63 bits per heavy atom. The Hall–Kier alpha value is -4.03. The highest BCUT2D eigenvalue weighted by atomic mass is 19.1. The molecule has 3 fully saturated rings. The van der Waals surface area contributed by atoms with Crippen molar-refractivity contribution in [3.8, 4) is 0 Å². The van der Waals surface area contributed by atoms with Gasteiger partial charge in [-0.25, -0.2) is 9.18 Å². The molecule has 4 aliphatic rings. The van der Waals surface area contributed by atoms with Crippen molar-refractivity contribution in [1.82, 2.24) is 15.1 Å². The number of piperidine rings is 2. The summed E-state index contributed by atoms with van der Waals surface area (Å²) in [5.74, 6) is -1.94. The summed E-state index contributed by atoms with van der Waals surface area (Å²) in [5, 5.41) is 13.1. The summed E-state index contributed by atoms with van der Waals surface area (Å²) in [4.78, 5) is 57.4. The number of aliphatic hydroxyl groups excluding tert-OH is 1. The van der Waals surface area contributed by atoms with Crippen molar-refractivity contribution in [2.75, 3.05) is 55.6 Å². The van der Waals surface area contributed by atoms with Gasteiger partial charge in [0.1, 0.15) is 17.5 Å². The summed E-state index contributed by atoms with van der Waals surface area (Å²) in [6.07, 6.45) is 0.516. The maximum Gasteiger partial charge on any atom is 0.338 e. The Morgan fingerprint density at radius 1 is 0.957 bits per heavy atom. The molecule has 11 nitrogen and oxygen atoms in total. The van der Waals surface area contributed by atoms with Gasteiger partial charge in [-0.05, 0) is 82.3 Å². The number of ether oxygens (including phenoxy) is 1. The van der Waals surface area contributed by atoms with Gasteiger partial charge in [-0.1, -0.05) is 0 Å². The molecular weight excluding hydrogens is 593 g/mol. The number of esters is 1. The van der Waals surface area contributed by atoms with Crippen LogP contribution in [0.4, 0.5) is 15.8 Å². The molecule has 6 rings (SSSR count). The average molecular weight is 636 g/mol. The van der Waals surface area contributed by atoms with E-state index >= 15 is 4.39 Å². The van der Waals surface area contributed by atoms with Crippen LogP contribution in [0, 0.1) is 11.7 Å². The summed E-state index contributed by atoms with van der Waals surface area (Å²) in [6.45, 7) is 11.5. The molecule has 2 atom stereocenters. The zero-order valence-corrected chi connectivity index (χ0v) is 26.6. The van der Waals surface area contributed by atoms with Gasteiger partial charge in [-0.15, -0.1) is 0 Å². The number of imide groups is 1. The number of hydrogen-bond acceptors (Lipinski definition) is 9. The number of nitrogens with one attached hydrogen (secondary N) is 1. The fourth-order valence-electron chi connectivity index (χ4n) is 6.93. The monoisotopic (exact) mass is 635 g/mol. The molecule has 46 heavy (non-hydrogen) atoms. The fraction of sp³-hybridized carbons (Fsp3) is 0.529. The number of benzene rings is 2. The topological polar surface area (TPSA) is 123 Å². The van der Waals surface area contributed by atoms with Crippen LogP contribution in [0.5, 0.6) is 0 Å². The first-order valence-corrected chi connectivity index (χ1v) is 16.1. The molecule has 12 heteroatoms. The molecule has 0 bridgehead atoms. The van der Waals surface area contributed by atoms with Gasteiger partial charge in [0, 0.05) is 69.0 Å². The van der Waals surface area contributed by atoms with Crippen LogP contribution in [0.3, 0.4) is 0 Å². The lowest BCUT2D eigenvalue weighted by atomic mass is 9.95. The van der Waals surface area contributed by atoms with Crippen molar-refractivity contribution in [2.24, 2.45) is 5.92 Å². The highest BCUT2D eigenvalue weighted by Crippen LogP contribution is 2.39. The van der Waals surface area contributed by atoms with Crippen LogP contribution in [0.1, 0.15) is 79.0 Å². The number of carbonyl (C=O) groups excluding carboxylic acids is 4. The highest BCUT2D eigenvalue weighted by molar-refractivity contribution is 6.06. The molecule has 2 aromatic rings. The van der Waals surface area contributed by atoms with Gasteiger partial charge in [-0.2, -0.15) is 0 Å². The maximum absolute atomic E-state index is 15.4. The number of carbonyl (C=O) groups is 4. The maximum atomic E-state index is 15.4. The van der Waals surface area contributed by atoms with E-state index in [1.54, 1.807) is 0 Å². The summed E-state index contributed by atoms with van der Waals surface area (Å²) in [6, 6.07) is 9.31. The van der Waals surface area contributed by atoms with Gasteiger partial charge >= 0.3 is 5.97 Å². The van der Waals surface area contributed by atoms with Crippen LogP contribution in [-0.4, -0.2) is 96.1 Å². The summed E-state index contributed by atoms with van der Waals surface area (Å²) in [5.41, 5.74) is 1.75. The molecule has 3 saturated heterocycles. The molecule has 4 aliphatic heterocycles. The Morgan fingerprint density at radius 3 is 2.26 bits per heavy atom. The van der Waals surface area contributed by atoms with E-state index in [4.69, 9.17) is 4.74 Å². The number of fused-ring (bicyclic) bond motifs is 1. The van der Waals surface area contributed by atoms with Crippen LogP contribution in [0.25, 0.3) is 0 Å². The minimum absolute atomic E-state index is 0.0681. The van der Waals surface area contributed by atoms with Gasteiger partial charge in [0.2, 0.25) is 11.8 Å². The molecule has 0 aliphatic carbocycles. The molecule has 0 aromatic heterocycles. The lowest BCUT2D eigenvalue weighted by molar-refractivity contribution is -0.139. The lowest BCUT2D eigenvalue weighted by Crippen LogP contribution is -2.53. The lowest BCUT2D eigenvalue weighted by Gasteiger charge is -2.40. The first kappa shape index (κ1) is 31.9. The Bertz CT molecular complexity index is 1510. The number of aliphatic hydroxyl groups is 1. The van der Waals surface area contributed by atoms with E-state index < -0.39 is 41.4 Å². The van der Waals surface area contributed by atoms with Gasteiger partial charge in [0.05, 0.1) is 11.3 Å². The average Bonchev–Trinajstić information content (AvgIpc) is 3.25. The van der Waals surface area contributed by atoms with Crippen LogP contribution in [-0.2, 0) is 14.3 Å². The van der Waals surface area contributed by atoms with Crippen LogP contribution in [0.2, 0.25) is 0 Å². The standard InChI is InChI=1S/C34H42FN5O6/c1-34(2,3)46-33(45)22-4-6-23(7-5-22)38-16-14-37(15-17-38)20-21-10-12-39(13-11-21)28-19-25-24(18-26(28)35)31(43)40(32(25)44)27-8-9-29(41)36-30(27)42/h4-7,18-19,21,27,31,43H,8-17,20H2,1-3H3,(H,36,41,42). The van der Waals surface area contributed by atoms with Crippen LogP contribution >= 0.6 is 0 Å². The van der Waals surface area contributed by atoms with E-state index in [0.29, 0.717) is 30.3 Å². The Kier molecular flexibility index (Phi) is 8.77. The number of halogens is 1. The predicted molar refractivity (Wildman–Crippen MR) is 169 cm³/mol. The third-order valence-electron chi connectivity index (χ3n) is 9.38. The van der Waals surface area contributed by atoms with Crippen molar-refractivity contribution >= 4 is 35.1 Å². The fourth-order valence-corrected chi connectivity index (χ4v) is 6.93. The zero-order valence-electron chi connectivity index (χ0n) is 26.6. The van der Waals surface area contributed by atoms with E-state index in [2.05, 4.69) is 15.1 Å². The van der Waals surface area contributed by atoms with Gasteiger partial charge in [0.25, 0.3) is 5.91 Å². The van der Waals surface area contributed by atoms with E-state index in [1.165, 1.54) is 12.1 Å². The number of nitrogens with zero attached hydrogens (tertiary/aromatic N) is 4. The molecule has 3 amide bonds. The van der Waals surface area contributed by atoms with Crippen molar-refractivity contribution in [3.63, 3.8) is 0 Å². The minimum atomic E-state index is -1.45. The highest BCUT2D eigenvalue weighted by Gasteiger charge is 2.45. The summed E-state index contributed by atoms with van der Waals surface area (Å²) in [7, 11) is 0. The van der Waals surface area contributed by atoms with Crippen molar-refractivity contribution in [2.45, 2.75) is 64.3 Å². The summed E-state index contributed by atoms with van der Waals surface area (Å²) < 4.78 is 20.8. The summed E-state index contributed by atoms with van der Waals surface area (Å²) >= 11 is 0. The zero-order chi connectivity index (χ0) is 32.7. The molecule has 2 aromatic carbocycles. The molecule has 246 valence electrons. The van der Waals surface area contributed by atoms with E-state index in [9.17, 15) is 24.3 Å². The van der Waals surface area contributed by atoms with Gasteiger partial charge < -0.3 is 19.6 Å². The van der Waals surface area contributed by atoms with Crippen LogP contribution in [0.15, 0.2) is 36.4 Å². The second kappa shape index (κ2) is 12.6. The number of hydrogen-bond donors (Lipinski definition) is 2. The van der Waals surface area contributed by atoms with E-state index in [-0.39, 0.29) is 29.9 Å². The van der Waals surface area contributed by atoms with Crippen LogP contribution < -0.4 is 15.1 Å². The number of piperazine rings is 1. The van der Waals surface area contributed by atoms with E-state index in [1.807, 2.05) is 49.9 Å². The second-order valence-electron chi connectivity index (χ2n) is 13.7. The molecule has 2 unspecified atom stereocenters. The smallest absolute Gasteiger partial charge is 0.338 e. The van der Waals surface area contributed by atoms with Gasteiger partial charge in [-0.3, -0.25) is 29.5 Å². The largest absolute Gasteiger partial charge is 0.456 e. The third kappa shape index (κ3) is 6.59. The molecule has 4 heterocycles. The number of rotatable bonds is 6. The molecular formula is C34H42FN5O6. The normalized spacial score (nSPS) is 23.1. The SMILES string of the molecule is CC(C)(C)OC(=O)c1ccc(N2CCN(CC3CCN(c4cc5c(cc4F)C(O)N(C4CCC(=O)NC4=O)C5=O)CC3)CC2)cc1. The number of anilines is 2. The van der Waals surface area contributed by atoms with Gasteiger partial charge in [0.15, 0.2) is 6.23 Å². The van der Waals surface area contributed by atoms with Crippen molar-refractivity contribution in [3.05, 3.63) is 58.9 Å². The minimum Gasteiger partial charge on any atom is -0.456 e. The van der Waals surface area contributed by atoms with E-state index in [0.717, 1.165) is 56.2 Å². The van der Waals surface area contributed by atoms with Crippen molar-refractivity contribution < 1.29 is 33.4 Å². The molecule has 0 spiro atoms.